The van der Waals surface area contributed by atoms with E-state index in [9.17, 15) is 14.4 Å². The van der Waals surface area contributed by atoms with Gasteiger partial charge in [-0.3, -0.25) is 23.7 Å². The first-order valence-electron chi connectivity index (χ1n) is 7.83. The Balaban J connectivity index is 1.54. The van der Waals surface area contributed by atoms with Crippen molar-refractivity contribution in [2.75, 3.05) is 10.2 Å². The van der Waals surface area contributed by atoms with Gasteiger partial charge in [0.1, 0.15) is 0 Å². The van der Waals surface area contributed by atoms with Crippen LogP contribution in [-0.4, -0.2) is 27.1 Å². The molecule has 7 heteroatoms. The molecule has 1 aliphatic heterocycles. The first kappa shape index (κ1) is 15.1. The summed E-state index contributed by atoms with van der Waals surface area (Å²) in [6.07, 6.45) is 3.88. The number of carbonyl (C=O) groups is 3. The molecule has 0 saturated carbocycles. The fraction of sp³-hybridized carbons (Fsp3) is 0.111. The summed E-state index contributed by atoms with van der Waals surface area (Å²) in [6, 6.07) is 12.1. The number of nitrogens with one attached hydrogen (secondary N) is 1. The highest BCUT2D eigenvalue weighted by molar-refractivity contribution is 6.19. The Morgan fingerprint density at radius 1 is 1.00 bits per heavy atom. The molecule has 25 heavy (non-hydrogen) atoms. The third-order valence-electron chi connectivity index (χ3n) is 4.08. The SMILES string of the molecule is O=C(Nc1ccc(N2C(=O)CCC2=O)cc1)c1ncc2ccccn12. The van der Waals surface area contributed by atoms with E-state index in [0.29, 0.717) is 11.4 Å². The van der Waals surface area contributed by atoms with Crippen LogP contribution in [0, 0.1) is 0 Å². The van der Waals surface area contributed by atoms with Gasteiger partial charge in [-0.15, -0.1) is 0 Å². The number of nitrogens with zero attached hydrogens (tertiary/aromatic N) is 3. The van der Waals surface area contributed by atoms with Crippen LogP contribution in [0.25, 0.3) is 5.52 Å². The molecule has 3 aromatic rings. The molecule has 124 valence electrons. The van der Waals surface area contributed by atoms with Crippen molar-refractivity contribution in [3.63, 3.8) is 0 Å². The Bertz CT molecular complexity index is 975. The summed E-state index contributed by atoms with van der Waals surface area (Å²) in [4.78, 5) is 41.2. The topological polar surface area (TPSA) is 83.8 Å². The number of anilines is 2. The first-order chi connectivity index (χ1) is 12.1. The standard InChI is InChI=1S/C18H14N4O3/c23-15-8-9-16(24)22(15)13-6-4-12(5-7-13)20-18(25)17-19-11-14-3-1-2-10-21(14)17/h1-7,10-11H,8-9H2,(H,20,25). The van der Waals surface area contributed by atoms with Crippen LogP contribution < -0.4 is 10.2 Å². The minimum atomic E-state index is -0.340. The number of hydrogen-bond donors (Lipinski definition) is 1. The van der Waals surface area contributed by atoms with E-state index in [4.69, 9.17) is 0 Å². The maximum Gasteiger partial charge on any atom is 0.292 e. The van der Waals surface area contributed by atoms with E-state index in [0.717, 1.165) is 5.52 Å². The normalized spacial score (nSPS) is 14.3. The van der Waals surface area contributed by atoms with Gasteiger partial charge in [0.2, 0.25) is 17.6 Å². The number of pyridine rings is 1. The van der Waals surface area contributed by atoms with Crippen molar-refractivity contribution < 1.29 is 14.4 Å². The van der Waals surface area contributed by atoms with Crippen LogP contribution in [0.1, 0.15) is 23.5 Å². The zero-order chi connectivity index (χ0) is 17.4. The minimum absolute atomic E-state index is 0.203. The van der Waals surface area contributed by atoms with Crippen molar-refractivity contribution >= 4 is 34.6 Å². The fourth-order valence-corrected chi connectivity index (χ4v) is 2.86. The highest BCUT2D eigenvalue weighted by atomic mass is 16.2. The van der Waals surface area contributed by atoms with Crippen LogP contribution in [0.5, 0.6) is 0 Å². The van der Waals surface area contributed by atoms with Crippen molar-refractivity contribution in [1.29, 1.82) is 0 Å². The number of aromatic nitrogens is 2. The summed E-state index contributed by atoms with van der Waals surface area (Å²) in [5, 5.41) is 2.77. The largest absolute Gasteiger partial charge is 0.319 e. The molecule has 1 N–H and O–H groups in total. The summed E-state index contributed by atoms with van der Waals surface area (Å²) in [6.45, 7) is 0. The number of fused-ring (bicyclic) bond motifs is 1. The lowest BCUT2D eigenvalue weighted by atomic mass is 10.2. The van der Waals surface area contributed by atoms with Gasteiger partial charge in [-0.1, -0.05) is 6.07 Å². The van der Waals surface area contributed by atoms with E-state index < -0.39 is 0 Å². The molecule has 1 fully saturated rings. The van der Waals surface area contributed by atoms with E-state index in [1.54, 1.807) is 41.1 Å². The van der Waals surface area contributed by atoms with Gasteiger partial charge in [-0.25, -0.2) is 4.98 Å². The minimum Gasteiger partial charge on any atom is -0.319 e. The van der Waals surface area contributed by atoms with Crippen LogP contribution in [0.4, 0.5) is 11.4 Å². The molecule has 1 saturated heterocycles. The van der Waals surface area contributed by atoms with Gasteiger partial charge in [0, 0.05) is 24.7 Å². The van der Waals surface area contributed by atoms with Crippen molar-refractivity contribution in [2.24, 2.45) is 0 Å². The maximum atomic E-state index is 12.4. The molecule has 7 nitrogen and oxygen atoms in total. The van der Waals surface area contributed by atoms with Gasteiger partial charge in [-0.05, 0) is 36.4 Å². The van der Waals surface area contributed by atoms with Crippen molar-refractivity contribution in [3.8, 4) is 0 Å². The number of benzene rings is 1. The molecule has 2 aromatic heterocycles. The average molecular weight is 334 g/mol. The molecule has 0 spiro atoms. The van der Waals surface area contributed by atoms with Crippen LogP contribution in [0.2, 0.25) is 0 Å². The molecule has 3 amide bonds. The highest BCUT2D eigenvalue weighted by Gasteiger charge is 2.30. The Labute approximate surface area is 142 Å². The average Bonchev–Trinajstić information content (AvgIpc) is 3.19. The number of carbonyl (C=O) groups excluding carboxylic acids is 3. The van der Waals surface area contributed by atoms with E-state index >= 15 is 0 Å². The molecule has 4 rings (SSSR count). The molecule has 1 aliphatic rings. The summed E-state index contributed by atoms with van der Waals surface area (Å²) < 4.78 is 1.70. The van der Waals surface area contributed by atoms with E-state index in [1.165, 1.54) is 4.90 Å². The quantitative estimate of drug-likeness (QED) is 0.745. The van der Waals surface area contributed by atoms with Crippen LogP contribution in [0.3, 0.4) is 0 Å². The van der Waals surface area contributed by atoms with Gasteiger partial charge in [0.25, 0.3) is 5.91 Å². The Morgan fingerprint density at radius 2 is 1.72 bits per heavy atom. The zero-order valence-electron chi connectivity index (χ0n) is 13.2. The number of hydrogen-bond acceptors (Lipinski definition) is 4. The molecule has 0 unspecified atom stereocenters. The van der Waals surface area contributed by atoms with Gasteiger partial charge < -0.3 is 5.32 Å². The number of rotatable bonds is 3. The number of imide groups is 1. The third-order valence-corrected chi connectivity index (χ3v) is 4.08. The zero-order valence-corrected chi connectivity index (χ0v) is 13.2. The Kier molecular flexibility index (Phi) is 3.53. The predicted octanol–water partition coefficient (Wildman–Crippen LogP) is 2.24. The molecular weight excluding hydrogens is 320 g/mol. The maximum absolute atomic E-state index is 12.4. The van der Waals surface area contributed by atoms with Crippen molar-refractivity contribution in [2.45, 2.75) is 12.8 Å². The predicted molar refractivity (Wildman–Crippen MR) is 91.3 cm³/mol. The second kappa shape index (κ2) is 5.86. The van der Waals surface area contributed by atoms with Gasteiger partial charge in [-0.2, -0.15) is 0 Å². The van der Waals surface area contributed by atoms with Gasteiger partial charge in [0.15, 0.2) is 0 Å². The molecule has 1 aromatic carbocycles. The lowest BCUT2D eigenvalue weighted by Gasteiger charge is -2.14. The summed E-state index contributed by atoms with van der Waals surface area (Å²) in [7, 11) is 0. The smallest absolute Gasteiger partial charge is 0.292 e. The Morgan fingerprint density at radius 3 is 2.44 bits per heavy atom. The lowest BCUT2D eigenvalue weighted by Crippen LogP contribution is -2.28. The lowest BCUT2D eigenvalue weighted by molar-refractivity contribution is -0.121. The van der Waals surface area contributed by atoms with Gasteiger partial charge in [0.05, 0.1) is 17.4 Å². The number of imidazole rings is 1. The first-order valence-corrected chi connectivity index (χ1v) is 7.83. The second-order valence-corrected chi connectivity index (χ2v) is 5.70. The van der Waals surface area contributed by atoms with E-state index in [-0.39, 0.29) is 36.4 Å². The molecular formula is C18H14N4O3. The highest BCUT2D eigenvalue weighted by Crippen LogP contribution is 2.24. The van der Waals surface area contributed by atoms with E-state index in [1.807, 2.05) is 18.2 Å². The van der Waals surface area contributed by atoms with Crippen LogP contribution in [0.15, 0.2) is 54.9 Å². The summed E-state index contributed by atoms with van der Waals surface area (Å²) in [5.74, 6) is -0.465. The second-order valence-electron chi connectivity index (χ2n) is 5.70. The fourth-order valence-electron chi connectivity index (χ4n) is 2.86. The monoisotopic (exact) mass is 334 g/mol. The van der Waals surface area contributed by atoms with Crippen molar-refractivity contribution in [1.82, 2.24) is 9.38 Å². The Hall–Kier alpha value is -3.48. The molecule has 0 bridgehead atoms. The van der Waals surface area contributed by atoms with E-state index in [2.05, 4.69) is 10.3 Å². The third kappa shape index (κ3) is 2.65. The molecule has 0 aliphatic carbocycles. The summed E-state index contributed by atoms with van der Waals surface area (Å²) >= 11 is 0. The van der Waals surface area contributed by atoms with Crippen molar-refractivity contribution in [3.05, 3.63) is 60.7 Å². The van der Waals surface area contributed by atoms with Gasteiger partial charge >= 0.3 is 0 Å². The van der Waals surface area contributed by atoms with Crippen LogP contribution >= 0.6 is 0 Å². The molecule has 0 radical (unpaired) electrons. The summed E-state index contributed by atoms with van der Waals surface area (Å²) in [5.41, 5.74) is 1.89. The van der Waals surface area contributed by atoms with Crippen LogP contribution in [-0.2, 0) is 9.59 Å². The molecule has 0 atom stereocenters. The molecule has 3 heterocycles. The number of amides is 3.